The number of nitro groups is 1. The maximum atomic E-state index is 12.9. The molecular weight excluding hydrogens is 328 g/mol. The van der Waals surface area contributed by atoms with Gasteiger partial charge in [-0.05, 0) is 29.3 Å². The van der Waals surface area contributed by atoms with Crippen LogP contribution in [0.15, 0.2) is 42.5 Å². The zero-order valence-electron chi connectivity index (χ0n) is 11.1. The van der Waals surface area contributed by atoms with E-state index in [9.17, 15) is 36.5 Å². The van der Waals surface area contributed by atoms with Gasteiger partial charge in [-0.15, -0.1) is 0 Å². The lowest BCUT2D eigenvalue weighted by Gasteiger charge is -2.14. The molecule has 0 N–H and O–H groups in total. The smallest absolute Gasteiger partial charge is 0.258 e. The highest BCUT2D eigenvalue weighted by Crippen LogP contribution is 2.41. The van der Waals surface area contributed by atoms with Gasteiger partial charge in [-0.25, -0.2) is 0 Å². The fourth-order valence-electron chi connectivity index (χ4n) is 2.07. The number of nitro benzene ring substituents is 1. The van der Waals surface area contributed by atoms with Crippen LogP contribution in [0.5, 0.6) is 0 Å². The van der Waals surface area contributed by atoms with Crippen molar-refractivity contribution in [2.24, 2.45) is 0 Å². The van der Waals surface area contributed by atoms with Crippen LogP contribution in [-0.2, 0) is 12.4 Å². The molecule has 0 atom stereocenters. The van der Waals surface area contributed by atoms with E-state index in [1.165, 1.54) is 6.07 Å². The van der Waals surface area contributed by atoms with Gasteiger partial charge in [-0.2, -0.15) is 26.3 Å². The first-order valence-corrected chi connectivity index (χ1v) is 6.04. The summed E-state index contributed by atoms with van der Waals surface area (Å²) in [6.07, 6.45) is -9.83. The van der Waals surface area contributed by atoms with Crippen LogP contribution in [0.1, 0.15) is 11.1 Å². The Hall–Kier alpha value is -2.58. The number of hydrogen-bond acceptors (Lipinski definition) is 2. The molecule has 9 heteroatoms. The summed E-state index contributed by atoms with van der Waals surface area (Å²) < 4.78 is 77.6. The molecular formula is C14H7F6NO2. The van der Waals surface area contributed by atoms with E-state index in [-0.39, 0.29) is 0 Å². The molecule has 0 unspecified atom stereocenters. The Bertz CT molecular complexity index is 752. The third kappa shape index (κ3) is 3.43. The highest BCUT2D eigenvalue weighted by atomic mass is 19.4. The molecule has 0 saturated heterocycles. The van der Waals surface area contributed by atoms with Crippen molar-refractivity contribution in [3.05, 3.63) is 63.7 Å². The molecule has 2 aromatic carbocycles. The SMILES string of the molecule is O=[N+]([O-])c1ccc(-c2ccccc2C(F)(F)F)cc1C(F)(F)F. The van der Waals surface area contributed by atoms with Gasteiger partial charge in [0, 0.05) is 6.07 Å². The number of halogens is 6. The average molecular weight is 335 g/mol. The molecule has 0 aromatic heterocycles. The first kappa shape index (κ1) is 16.8. The zero-order chi connectivity index (χ0) is 17.4. The highest BCUT2D eigenvalue weighted by Gasteiger charge is 2.39. The summed E-state index contributed by atoms with van der Waals surface area (Å²) in [5.41, 5.74) is -4.83. The van der Waals surface area contributed by atoms with Crippen molar-refractivity contribution in [3.63, 3.8) is 0 Å². The minimum absolute atomic E-state index is 0.350. The summed E-state index contributed by atoms with van der Waals surface area (Å²) in [7, 11) is 0. The van der Waals surface area contributed by atoms with Crippen LogP contribution in [0.3, 0.4) is 0 Å². The number of nitrogens with zero attached hydrogens (tertiary/aromatic N) is 1. The number of benzene rings is 2. The van der Waals surface area contributed by atoms with Gasteiger partial charge >= 0.3 is 12.4 Å². The fraction of sp³-hybridized carbons (Fsp3) is 0.143. The van der Waals surface area contributed by atoms with Crippen molar-refractivity contribution in [2.45, 2.75) is 12.4 Å². The van der Waals surface area contributed by atoms with E-state index in [0.717, 1.165) is 24.3 Å². The molecule has 0 radical (unpaired) electrons. The summed E-state index contributed by atoms with van der Waals surface area (Å²) in [6.45, 7) is 0. The number of hydrogen-bond donors (Lipinski definition) is 0. The molecule has 0 aliphatic carbocycles. The molecule has 2 rings (SSSR count). The first-order chi connectivity index (χ1) is 10.5. The topological polar surface area (TPSA) is 43.1 Å². The Morgan fingerprint density at radius 3 is 1.91 bits per heavy atom. The van der Waals surface area contributed by atoms with Crippen LogP contribution in [-0.4, -0.2) is 4.92 Å². The quantitative estimate of drug-likeness (QED) is 0.425. The fourth-order valence-corrected chi connectivity index (χ4v) is 2.07. The van der Waals surface area contributed by atoms with Gasteiger partial charge in [0.1, 0.15) is 5.56 Å². The summed E-state index contributed by atoms with van der Waals surface area (Å²) in [4.78, 5) is 9.43. The van der Waals surface area contributed by atoms with Gasteiger partial charge in [0.25, 0.3) is 5.69 Å². The van der Waals surface area contributed by atoms with Crippen LogP contribution < -0.4 is 0 Å². The van der Waals surface area contributed by atoms with Gasteiger partial charge < -0.3 is 0 Å². The van der Waals surface area contributed by atoms with Crippen molar-refractivity contribution in [3.8, 4) is 11.1 Å². The Morgan fingerprint density at radius 2 is 1.39 bits per heavy atom. The zero-order valence-corrected chi connectivity index (χ0v) is 11.1. The Kier molecular flexibility index (Phi) is 4.06. The average Bonchev–Trinajstić information content (AvgIpc) is 2.44. The minimum Gasteiger partial charge on any atom is -0.258 e. The molecule has 0 aliphatic heterocycles. The molecule has 0 amide bonds. The summed E-state index contributed by atoms with van der Waals surface area (Å²) in [6, 6.07) is 5.82. The van der Waals surface area contributed by atoms with Crippen molar-refractivity contribution >= 4 is 5.69 Å². The van der Waals surface area contributed by atoms with Gasteiger partial charge in [0.15, 0.2) is 0 Å². The highest BCUT2D eigenvalue weighted by molar-refractivity contribution is 5.70. The largest absolute Gasteiger partial charge is 0.423 e. The van der Waals surface area contributed by atoms with Crippen molar-refractivity contribution < 1.29 is 31.3 Å². The van der Waals surface area contributed by atoms with Gasteiger partial charge in [0.2, 0.25) is 0 Å². The van der Waals surface area contributed by atoms with Crippen molar-refractivity contribution in [2.75, 3.05) is 0 Å². The lowest BCUT2D eigenvalue weighted by Crippen LogP contribution is -2.10. The predicted octanol–water partition coefficient (Wildman–Crippen LogP) is 5.30. The van der Waals surface area contributed by atoms with E-state index in [1.807, 2.05) is 0 Å². The molecule has 122 valence electrons. The molecule has 0 heterocycles. The summed E-state index contributed by atoms with van der Waals surface area (Å²) in [5.74, 6) is 0. The van der Waals surface area contributed by atoms with E-state index in [2.05, 4.69) is 0 Å². The predicted molar refractivity (Wildman–Crippen MR) is 68.5 cm³/mol. The monoisotopic (exact) mass is 335 g/mol. The second kappa shape index (κ2) is 5.56. The van der Waals surface area contributed by atoms with Crippen LogP contribution in [0.2, 0.25) is 0 Å². The third-order valence-electron chi connectivity index (χ3n) is 3.04. The van der Waals surface area contributed by atoms with E-state index in [4.69, 9.17) is 0 Å². The molecule has 0 bridgehead atoms. The summed E-state index contributed by atoms with van der Waals surface area (Å²) in [5, 5.41) is 10.7. The van der Waals surface area contributed by atoms with E-state index in [0.29, 0.717) is 12.1 Å². The molecule has 3 nitrogen and oxygen atoms in total. The normalized spacial score (nSPS) is 12.3. The third-order valence-corrected chi connectivity index (χ3v) is 3.04. The Labute approximate surface area is 125 Å². The van der Waals surface area contributed by atoms with Crippen LogP contribution in [0.4, 0.5) is 32.0 Å². The number of rotatable bonds is 2. The molecule has 0 spiro atoms. The van der Waals surface area contributed by atoms with Crippen LogP contribution in [0, 0.1) is 10.1 Å². The van der Waals surface area contributed by atoms with E-state index < -0.39 is 45.2 Å². The molecule has 0 aliphatic rings. The van der Waals surface area contributed by atoms with Gasteiger partial charge in [-0.1, -0.05) is 18.2 Å². The van der Waals surface area contributed by atoms with E-state index >= 15 is 0 Å². The van der Waals surface area contributed by atoms with Gasteiger partial charge in [-0.3, -0.25) is 10.1 Å². The molecule has 0 fully saturated rings. The maximum absolute atomic E-state index is 12.9. The standard InChI is InChI=1S/C14H7F6NO2/c15-13(16,17)10-4-2-1-3-9(10)8-5-6-12(21(22)23)11(7-8)14(18,19)20/h1-7H. The Morgan fingerprint density at radius 1 is 0.826 bits per heavy atom. The van der Waals surface area contributed by atoms with Crippen LogP contribution >= 0.6 is 0 Å². The maximum Gasteiger partial charge on any atom is 0.423 e. The van der Waals surface area contributed by atoms with Crippen molar-refractivity contribution in [1.82, 2.24) is 0 Å². The molecule has 23 heavy (non-hydrogen) atoms. The molecule has 0 saturated carbocycles. The molecule has 2 aromatic rings. The van der Waals surface area contributed by atoms with Crippen molar-refractivity contribution in [1.29, 1.82) is 0 Å². The second-order valence-corrected chi connectivity index (χ2v) is 4.53. The first-order valence-electron chi connectivity index (χ1n) is 6.04. The van der Waals surface area contributed by atoms with Gasteiger partial charge in [0.05, 0.1) is 10.5 Å². The lowest BCUT2D eigenvalue weighted by atomic mass is 9.97. The summed E-state index contributed by atoms with van der Waals surface area (Å²) >= 11 is 0. The number of alkyl halides is 6. The Balaban J connectivity index is 2.70. The minimum atomic E-state index is -5.06. The van der Waals surface area contributed by atoms with E-state index in [1.54, 1.807) is 0 Å². The second-order valence-electron chi connectivity index (χ2n) is 4.53. The lowest BCUT2D eigenvalue weighted by molar-refractivity contribution is -0.388. The van der Waals surface area contributed by atoms with Crippen LogP contribution in [0.25, 0.3) is 11.1 Å².